The van der Waals surface area contributed by atoms with Gasteiger partial charge in [0.2, 0.25) is 5.91 Å². The molecule has 1 aromatic carbocycles. The maximum Gasteiger partial charge on any atom is 0.223 e. The minimum Gasteiger partial charge on any atom is -0.494 e. The number of carbonyl (C=O) groups is 1. The number of aliphatic hydroxyl groups is 1. The zero-order valence-electron chi connectivity index (χ0n) is 15.3. The number of aromatic nitrogens is 2. The van der Waals surface area contributed by atoms with E-state index in [1.807, 2.05) is 52.9 Å². The van der Waals surface area contributed by atoms with Gasteiger partial charge in [-0.1, -0.05) is 25.1 Å². The number of hydrogen-bond acceptors (Lipinski definition) is 4. The Morgan fingerprint density at radius 1 is 1.31 bits per heavy atom. The van der Waals surface area contributed by atoms with E-state index in [2.05, 4.69) is 5.10 Å². The van der Waals surface area contributed by atoms with E-state index in [9.17, 15) is 9.90 Å². The van der Waals surface area contributed by atoms with Crippen LogP contribution >= 0.6 is 0 Å². The van der Waals surface area contributed by atoms with Crippen molar-refractivity contribution in [3.8, 4) is 5.75 Å². The van der Waals surface area contributed by atoms with Crippen LogP contribution in [0.25, 0.3) is 0 Å². The summed E-state index contributed by atoms with van der Waals surface area (Å²) in [5.41, 5.74) is 1.70. The van der Waals surface area contributed by atoms with Gasteiger partial charge in [0.05, 0.1) is 30.6 Å². The first-order valence-corrected chi connectivity index (χ1v) is 9.37. The fourth-order valence-corrected chi connectivity index (χ4v) is 3.16. The third-order valence-corrected chi connectivity index (χ3v) is 4.66. The van der Waals surface area contributed by atoms with Crippen molar-refractivity contribution in [2.75, 3.05) is 13.2 Å². The minimum atomic E-state index is -0.534. The van der Waals surface area contributed by atoms with Gasteiger partial charge in [-0.25, -0.2) is 0 Å². The number of hydrogen-bond donors (Lipinski definition) is 1. The fourth-order valence-electron chi connectivity index (χ4n) is 3.16. The Morgan fingerprint density at radius 3 is 2.88 bits per heavy atom. The van der Waals surface area contributed by atoms with Gasteiger partial charge in [0, 0.05) is 19.5 Å². The van der Waals surface area contributed by atoms with Crippen LogP contribution in [-0.2, 0) is 17.9 Å². The number of fused-ring (bicyclic) bond motifs is 1. The average molecular weight is 357 g/mol. The zero-order valence-corrected chi connectivity index (χ0v) is 15.3. The van der Waals surface area contributed by atoms with Crippen LogP contribution in [0, 0.1) is 0 Å². The van der Waals surface area contributed by atoms with Gasteiger partial charge in [-0.05, 0) is 37.5 Å². The Hall–Kier alpha value is -2.34. The van der Waals surface area contributed by atoms with E-state index in [-0.39, 0.29) is 5.91 Å². The third-order valence-electron chi connectivity index (χ3n) is 4.66. The van der Waals surface area contributed by atoms with Crippen molar-refractivity contribution in [3.63, 3.8) is 0 Å². The van der Waals surface area contributed by atoms with E-state index < -0.39 is 6.10 Å². The van der Waals surface area contributed by atoms with Crippen molar-refractivity contribution in [2.24, 2.45) is 0 Å². The van der Waals surface area contributed by atoms with Crippen molar-refractivity contribution in [1.29, 1.82) is 0 Å². The molecule has 6 nitrogen and oxygen atoms in total. The molecule has 0 bridgehead atoms. The molecular weight excluding hydrogens is 330 g/mol. The van der Waals surface area contributed by atoms with Crippen LogP contribution in [-0.4, -0.2) is 38.8 Å². The lowest BCUT2D eigenvalue weighted by atomic mass is 10.2. The summed E-state index contributed by atoms with van der Waals surface area (Å²) in [5, 5.41) is 14.5. The minimum absolute atomic E-state index is 0.147. The number of aliphatic hydroxyl groups excluding tert-OH is 1. The SMILES string of the molecule is CCC(O)c1cc2n(n1)CCCN(C(=O)CCCOc1ccccc1)C2. The van der Waals surface area contributed by atoms with E-state index in [0.717, 1.165) is 31.0 Å². The van der Waals surface area contributed by atoms with E-state index in [0.29, 0.717) is 38.1 Å². The highest BCUT2D eigenvalue weighted by molar-refractivity contribution is 5.76. The highest BCUT2D eigenvalue weighted by Gasteiger charge is 2.21. The molecule has 2 aromatic rings. The topological polar surface area (TPSA) is 67.6 Å². The number of aryl methyl sites for hydroxylation is 1. The Bertz CT molecular complexity index is 714. The number of nitrogens with zero attached hydrogens (tertiary/aromatic N) is 3. The van der Waals surface area contributed by atoms with Gasteiger partial charge in [-0.15, -0.1) is 0 Å². The number of benzene rings is 1. The van der Waals surface area contributed by atoms with Crippen molar-refractivity contribution < 1.29 is 14.6 Å². The van der Waals surface area contributed by atoms with Gasteiger partial charge in [-0.2, -0.15) is 5.10 Å². The predicted molar refractivity (Wildman–Crippen MR) is 98.7 cm³/mol. The summed E-state index contributed by atoms with van der Waals surface area (Å²) < 4.78 is 7.58. The first-order valence-electron chi connectivity index (χ1n) is 9.37. The van der Waals surface area contributed by atoms with Crippen LogP contribution in [0.4, 0.5) is 0 Å². The molecule has 1 atom stereocenters. The molecule has 2 heterocycles. The Labute approximate surface area is 154 Å². The molecule has 26 heavy (non-hydrogen) atoms. The molecule has 1 amide bonds. The first-order chi connectivity index (χ1) is 12.7. The molecule has 1 aliphatic heterocycles. The van der Waals surface area contributed by atoms with E-state index >= 15 is 0 Å². The molecule has 1 N–H and O–H groups in total. The Morgan fingerprint density at radius 2 is 2.12 bits per heavy atom. The Balaban J connectivity index is 1.50. The smallest absolute Gasteiger partial charge is 0.223 e. The molecule has 0 saturated heterocycles. The molecule has 0 radical (unpaired) electrons. The summed E-state index contributed by atoms with van der Waals surface area (Å²) in [6, 6.07) is 11.6. The fraction of sp³-hybridized carbons (Fsp3) is 0.500. The quantitative estimate of drug-likeness (QED) is 0.774. The summed E-state index contributed by atoms with van der Waals surface area (Å²) in [5.74, 6) is 0.981. The summed E-state index contributed by atoms with van der Waals surface area (Å²) in [4.78, 5) is 14.5. The van der Waals surface area contributed by atoms with Gasteiger partial charge >= 0.3 is 0 Å². The number of amides is 1. The number of rotatable bonds is 7. The summed E-state index contributed by atoms with van der Waals surface area (Å²) in [7, 11) is 0. The lowest BCUT2D eigenvalue weighted by Gasteiger charge is -2.20. The van der Waals surface area contributed by atoms with Crippen LogP contribution in [0.5, 0.6) is 5.75 Å². The molecule has 0 fully saturated rings. The van der Waals surface area contributed by atoms with Crippen molar-refractivity contribution >= 4 is 5.91 Å². The maximum atomic E-state index is 12.6. The number of para-hydroxylation sites is 1. The number of ether oxygens (including phenoxy) is 1. The highest BCUT2D eigenvalue weighted by Crippen LogP contribution is 2.20. The third kappa shape index (κ3) is 4.64. The molecule has 1 aromatic heterocycles. The zero-order chi connectivity index (χ0) is 18.4. The normalized spacial score (nSPS) is 15.2. The largest absolute Gasteiger partial charge is 0.494 e. The van der Waals surface area contributed by atoms with Gasteiger partial charge in [0.15, 0.2) is 0 Å². The second kappa shape index (κ2) is 8.85. The maximum absolute atomic E-state index is 12.6. The molecule has 3 rings (SSSR count). The average Bonchev–Trinajstić information content (AvgIpc) is 2.96. The lowest BCUT2D eigenvalue weighted by molar-refractivity contribution is -0.132. The molecule has 140 valence electrons. The van der Waals surface area contributed by atoms with Crippen LogP contribution in [0.2, 0.25) is 0 Å². The highest BCUT2D eigenvalue weighted by atomic mass is 16.5. The van der Waals surface area contributed by atoms with Gasteiger partial charge < -0.3 is 14.7 Å². The van der Waals surface area contributed by atoms with E-state index in [1.54, 1.807) is 0 Å². The number of carbonyl (C=O) groups excluding carboxylic acids is 1. The first kappa shape index (κ1) is 18.5. The monoisotopic (exact) mass is 357 g/mol. The van der Waals surface area contributed by atoms with Crippen molar-refractivity contribution in [2.45, 2.75) is 51.8 Å². The van der Waals surface area contributed by atoms with Crippen LogP contribution < -0.4 is 4.74 Å². The van der Waals surface area contributed by atoms with Gasteiger partial charge in [0.1, 0.15) is 5.75 Å². The molecule has 1 aliphatic rings. The Kier molecular flexibility index (Phi) is 6.28. The molecule has 6 heteroatoms. The second-order valence-electron chi connectivity index (χ2n) is 6.64. The standard InChI is InChI=1S/C20H27N3O3/c1-2-19(24)18-14-16-15-22(11-7-12-23(16)21-18)20(25)10-6-13-26-17-8-4-3-5-9-17/h3-5,8-9,14,19,24H,2,6-7,10-13,15H2,1H3. The summed E-state index contributed by atoms with van der Waals surface area (Å²) >= 11 is 0. The second-order valence-corrected chi connectivity index (χ2v) is 6.64. The molecule has 1 unspecified atom stereocenters. The summed E-state index contributed by atoms with van der Waals surface area (Å²) in [6.07, 6.45) is 2.16. The van der Waals surface area contributed by atoms with Crippen molar-refractivity contribution in [3.05, 3.63) is 47.8 Å². The van der Waals surface area contributed by atoms with Gasteiger partial charge in [0.25, 0.3) is 0 Å². The van der Waals surface area contributed by atoms with Gasteiger partial charge in [-0.3, -0.25) is 9.48 Å². The van der Waals surface area contributed by atoms with E-state index in [1.165, 1.54) is 0 Å². The summed E-state index contributed by atoms with van der Waals surface area (Å²) in [6.45, 7) is 4.55. The van der Waals surface area contributed by atoms with Crippen LogP contribution in [0.3, 0.4) is 0 Å². The van der Waals surface area contributed by atoms with Crippen LogP contribution in [0.15, 0.2) is 36.4 Å². The van der Waals surface area contributed by atoms with Crippen LogP contribution in [0.1, 0.15) is 50.1 Å². The molecule has 0 spiro atoms. The lowest BCUT2D eigenvalue weighted by Crippen LogP contribution is -2.30. The predicted octanol–water partition coefficient (Wildman–Crippen LogP) is 2.92. The molecular formula is C20H27N3O3. The van der Waals surface area contributed by atoms with Crippen molar-refractivity contribution in [1.82, 2.24) is 14.7 Å². The molecule has 0 saturated carbocycles. The van der Waals surface area contributed by atoms with E-state index in [4.69, 9.17) is 4.74 Å². The molecule has 0 aliphatic carbocycles.